The molecule has 4 heteroatoms. The second-order valence-corrected chi connectivity index (χ2v) is 4.94. The van der Waals surface area contributed by atoms with Gasteiger partial charge in [-0.15, -0.1) is 0 Å². The molecule has 4 nitrogen and oxygen atoms in total. The molecule has 1 aliphatic heterocycles. The first-order chi connectivity index (χ1) is 8.11. The van der Waals surface area contributed by atoms with Crippen molar-refractivity contribution in [2.45, 2.75) is 34.1 Å². The van der Waals surface area contributed by atoms with E-state index in [4.69, 9.17) is 0 Å². The van der Waals surface area contributed by atoms with E-state index in [0.717, 1.165) is 43.0 Å². The van der Waals surface area contributed by atoms with Crippen LogP contribution in [0.25, 0.3) is 0 Å². The van der Waals surface area contributed by atoms with Gasteiger partial charge >= 0.3 is 0 Å². The van der Waals surface area contributed by atoms with E-state index in [9.17, 15) is 0 Å². The lowest BCUT2D eigenvalue weighted by atomic mass is 10.2. The highest BCUT2D eigenvalue weighted by Gasteiger charge is 2.22. The van der Waals surface area contributed by atoms with Crippen molar-refractivity contribution in [3.05, 3.63) is 11.4 Å². The number of hydrogen-bond acceptors (Lipinski definition) is 4. The van der Waals surface area contributed by atoms with Gasteiger partial charge in [0, 0.05) is 25.2 Å². The summed E-state index contributed by atoms with van der Waals surface area (Å²) in [7, 11) is 0. The summed E-state index contributed by atoms with van der Waals surface area (Å²) in [6, 6.07) is 0. The maximum absolute atomic E-state index is 4.61. The summed E-state index contributed by atoms with van der Waals surface area (Å²) in [5.41, 5.74) is 1.17. The molecule has 1 unspecified atom stereocenters. The maximum Gasteiger partial charge on any atom is 0.137 e. The van der Waals surface area contributed by atoms with Crippen LogP contribution in [0.15, 0.2) is 0 Å². The van der Waals surface area contributed by atoms with Gasteiger partial charge in [-0.3, -0.25) is 0 Å². The molecule has 17 heavy (non-hydrogen) atoms. The fraction of sp³-hybridized carbons (Fsp3) is 0.692. The van der Waals surface area contributed by atoms with Crippen molar-refractivity contribution in [2.75, 3.05) is 29.9 Å². The molecule has 0 aromatic carbocycles. The Balaban J connectivity index is 2.32. The third kappa shape index (κ3) is 2.51. The molecule has 1 saturated heterocycles. The Kier molecular flexibility index (Phi) is 3.50. The van der Waals surface area contributed by atoms with Crippen LogP contribution >= 0.6 is 0 Å². The van der Waals surface area contributed by atoms with E-state index < -0.39 is 0 Å². The number of rotatable bonds is 3. The van der Waals surface area contributed by atoms with Crippen molar-refractivity contribution in [1.29, 1.82) is 0 Å². The second-order valence-electron chi connectivity index (χ2n) is 4.94. The van der Waals surface area contributed by atoms with Crippen LogP contribution in [-0.2, 0) is 0 Å². The van der Waals surface area contributed by atoms with E-state index in [1.165, 1.54) is 12.0 Å². The van der Waals surface area contributed by atoms with Crippen LogP contribution in [0.2, 0.25) is 0 Å². The third-order valence-electron chi connectivity index (χ3n) is 3.30. The van der Waals surface area contributed by atoms with Gasteiger partial charge in [-0.05, 0) is 33.1 Å². The summed E-state index contributed by atoms with van der Waals surface area (Å²) in [6.45, 7) is 11.6. The van der Waals surface area contributed by atoms with Gasteiger partial charge in [-0.1, -0.05) is 6.92 Å². The molecular formula is C13H22N4. The molecule has 0 amide bonds. The first kappa shape index (κ1) is 12.1. The lowest BCUT2D eigenvalue weighted by Crippen LogP contribution is -2.23. The summed E-state index contributed by atoms with van der Waals surface area (Å²) >= 11 is 0. The predicted octanol–water partition coefficient (Wildman–Crippen LogP) is 2.37. The lowest BCUT2D eigenvalue weighted by molar-refractivity contribution is 0.658. The quantitative estimate of drug-likeness (QED) is 0.871. The van der Waals surface area contributed by atoms with Crippen molar-refractivity contribution in [1.82, 2.24) is 9.97 Å². The summed E-state index contributed by atoms with van der Waals surface area (Å²) in [6.07, 6.45) is 1.26. The number of hydrogen-bond donors (Lipinski definition) is 1. The number of nitrogens with zero attached hydrogens (tertiary/aromatic N) is 3. The Hall–Kier alpha value is -1.32. The van der Waals surface area contributed by atoms with E-state index >= 15 is 0 Å². The number of aryl methyl sites for hydroxylation is 1. The van der Waals surface area contributed by atoms with Crippen LogP contribution in [0.3, 0.4) is 0 Å². The molecule has 1 aliphatic rings. The topological polar surface area (TPSA) is 41.1 Å². The molecule has 2 rings (SSSR count). The average Bonchev–Trinajstić information content (AvgIpc) is 2.70. The highest BCUT2D eigenvalue weighted by molar-refractivity contribution is 5.59. The monoisotopic (exact) mass is 234 g/mol. The van der Waals surface area contributed by atoms with Gasteiger partial charge in [0.15, 0.2) is 0 Å². The third-order valence-corrected chi connectivity index (χ3v) is 3.30. The Labute approximate surface area is 103 Å². The van der Waals surface area contributed by atoms with E-state index in [0.29, 0.717) is 0 Å². The number of anilines is 2. The standard InChI is InChI=1S/C13H22N4/c1-5-14-12-10(3)13(16-11(4)15-12)17-7-6-9(2)8-17/h9H,5-8H2,1-4H3,(H,14,15,16). The number of nitrogens with one attached hydrogen (secondary N) is 1. The lowest BCUT2D eigenvalue weighted by Gasteiger charge is -2.21. The average molecular weight is 234 g/mol. The van der Waals surface area contributed by atoms with Crippen LogP contribution in [0.1, 0.15) is 31.7 Å². The van der Waals surface area contributed by atoms with Crippen molar-refractivity contribution < 1.29 is 0 Å². The molecule has 1 N–H and O–H groups in total. The normalized spacial score (nSPS) is 19.8. The summed E-state index contributed by atoms with van der Waals surface area (Å²) in [5, 5.41) is 3.31. The van der Waals surface area contributed by atoms with Gasteiger partial charge in [-0.2, -0.15) is 0 Å². The van der Waals surface area contributed by atoms with Crippen LogP contribution in [-0.4, -0.2) is 29.6 Å². The smallest absolute Gasteiger partial charge is 0.137 e. The van der Waals surface area contributed by atoms with Gasteiger partial charge in [-0.25, -0.2) is 9.97 Å². The van der Waals surface area contributed by atoms with Gasteiger partial charge in [0.2, 0.25) is 0 Å². The van der Waals surface area contributed by atoms with E-state index in [-0.39, 0.29) is 0 Å². The SMILES string of the molecule is CCNc1nc(C)nc(N2CCC(C)C2)c1C. The van der Waals surface area contributed by atoms with Gasteiger partial charge < -0.3 is 10.2 Å². The maximum atomic E-state index is 4.61. The van der Waals surface area contributed by atoms with E-state index in [1.807, 2.05) is 6.92 Å². The Morgan fingerprint density at radius 2 is 2.12 bits per heavy atom. The first-order valence-electron chi connectivity index (χ1n) is 6.45. The zero-order valence-electron chi connectivity index (χ0n) is 11.2. The minimum atomic E-state index is 0.771. The second kappa shape index (κ2) is 4.90. The highest BCUT2D eigenvalue weighted by atomic mass is 15.2. The molecule has 1 fully saturated rings. The van der Waals surface area contributed by atoms with E-state index in [1.54, 1.807) is 0 Å². The molecule has 1 aromatic rings. The van der Waals surface area contributed by atoms with Gasteiger partial charge in [0.1, 0.15) is 17.5 Å². The first-order valence-corrected chi connectivity index (χ1v) is 6.45. The molecule has 0 spiro atoms. The van der Waals surface area contributed by atoms with Gasteiger partial charge in [0.25, 0.3) is 0 Å². The largest absolute Gasteiger partial charge is 0.370 e. The van der Waals surface area contributed by atoms with E-state index in [2.05, 4.69) is 41.0 Å². The van der Waals surface area contributed by atoms with Crippen LogP contribution in [0.4, 0.5) is 11.6 Å². The summed E-state index contributed by atoms with van der Waals surface area (Å²) in [4.78, 5) is 11.5. The fourth-order valence-corrected chi connectivity index (χ4v) is 2.39. The zero-order chi connectivity index (χ0) is 12.4. The molecular weight excluding hydrogens is 212 g/mol. The predicted molar refractivity (Wildman–Crippen MR) is 71.7 cm³/mol. The van der Waals surface area contributed by atoms with Crippen molar-refractivity contribution in [3.8, 4) is 0 Å². The van der Waals surface area contributed by atoms with Crippen LogP contribution in [0.5, 0.6) is 0 Å². The molecule has 1 atom stereocenters. The summed E-state index contributed by atoms with van der Waals surface area (Å²) in [5.74, 6) is 3.71. The fourth-order valence-electron chi connectivity index (χ4n) is 2.39. The Morgan fingerprint density at radius 3 is 2.71 bits per heavy atom. The Morgan fingerprint density at radius 1 is 1.35 bits per heavy atom. The molecule has 0 bridgehead atoms. The molecule has 0 radical (unpaired) electrons. The van der Waals surface area contributed by atoms with Crippen molar-refractivity contribution >= 4 is 11.6 Å². The van der Waals surface area contributed by atoms with Crippen molar-refractivity contribution in [3.63, 3.8) is 0 Å². The molecule has 1 aromatic heterocycles. The molecule has 0 aliphatic carbocycles. The van der Waals surface area contributed by atoms with Crippen molar-refractivity contribution in [2.24, 2.45) is 5.92 Å². The van der Waals surface area contributed by atoms with Gasteiger partial charge in [0.05, 0.1) is 0 Å². The minimum Gasteiger partial charge on any atom is -0.370 e. The zero-order valence-corrected chi connectivity index (χ0v) is 11.2. The highest BCUT2D eigenvalue weighted by Crippen LogP contribution is 2.28. The molecule has 2 heterocycles. The van der Waals surface area contributed by atoms with Crippen LogP contribution < -0.4 is 10.2 Å². The Bertz CT molecular complexity index is 403. The molecule has 0 saturated carbocycles. The summed E-state index contributed by atoms with van der Waals surface area (Å²) < 4.78 is 0. The minimum absolute atomic E-state index is 0.771. The molecule has 94 valence electrons. The van der Waals surface area contributed by atoms with Crippen LogP contribution in [0, 0.1) is 19.8 Å². The number of aromatic nitrogens is 2.